The minimum absolute atomic E-state index is 0.105. The van der Waals surface area contributed by atoms with E-state index in [9.17, 15) is 4.79 Å². The van der Waals surface area contributed by atoms with Gasteiger partial charge in [-0.2, -0.15) is 0 Å². The number of esters is 1. The molecule has 0 heterocycles. The van der Waals surface area contributed by atoms with Crippen molar-refractivity contribution in [3.8, 4) is 0 Å². The molecule has 0 aromatic heterocycles. The van der Waals surface area contributed by atoms with E-state index in [1.807, 2.05) is 20.8 Å². The fourth-order valence-corrected chi connectivity index (χ4v) is 3.85. The van der Waals surface area contributed by atoms with Gasteiger partial charge >= 0.3 is 5.97 Å². The molecule has 4 nitrogen and oxygen atoms in total. The zero-order valence-electron chi connectivity index (χ0n) is 25.3. The van der Waals surface area contributed by atoms with Crippen molar-refractivity contribution in [2.24, 2.45) is 10.3 Å². The van der Waals surface area contributed by atoms with Crippen LogP contribution in [0.5, 0.6) is 0 Å². The van der Waals surface area contributed by atoms with Gasteiger partial charge in [0.25, 0.3) is 0 Å². The molecule has 36 heavy (non-hydrogen) atoms. The van der Waals surface area contributed by atoms with Crippen molar-refractivity contribution in [3.05, 3.63) is 23.3 Å². The summed E-state index contributed by atoms with van der Waals surface area (Å²) in [5, 5.41) is 8.06. The third-order valence-electron chi connectivity index (χ3n) is 5.83. The summed E-state index contributed by atoms with van der Waals surface area (Å²) >= 11 is 4.04. The number of methoxy groups -OCH3 is 1. The quantitative estimate of drug-likeness (QED) is 0.109. The molecule has 0 aromatic carbocycles. The highest BCUT2D eigenvalue weighted by molar-refractivity contribution is 7.79. The fraction of sp³-hybridized carbons (Fsp3) is 0.774. The molecule has 212 valence electrons. The van der Waals surface area contributed by atoms with Crippen molar-refractivity contribution in [2.45, 2.75) is 145 Å². The summed E-state index contributed by atoms with van der Waals surface area (Å²) in [6.07, 6.45) is 20.3. The Kier molecular flexibility index (Phi) is 32.5. The molecule has 0 radical (unpaired) electrons. The van der Waals surface area contributed by atoms with Gasteiger partial charge in [-0.05, 0) is 62.8 Å². The van der Waals surface area contributed by atoms with Crippen LogP contribution in [0, 0.1) is 11.3 Å². The van der Waals surface area contributed by atoms with Crippen molar-refractivity contribution in [1.82, 2.24) is 0 Å². The first-order chi connectivity index (χ1) is 17.3. The number of unbranched alkanes of at least 4 members (excludes halogenated alkanes) is 5. The molecular formula is C31H60N2O2S. The van der Waals surface area contributed by atoms with Gasteiger partial charge in [-0.3, -0.25) is 4.79 Å². The summed E-state index contributed by atoms with van der Waals surface area (Å²) in [5.74, 6) is 0.716. The largest absolute Gasteiger partial charge is 0.469 e. The molecule has 1 fully saturated rings. The minimum atomic E-state index is -0.105. The molecule has 0 bridgehead atoms. The lowest BCUT2D eigenvalue weighted by molar-refractivity contribution is -0.140. The molecule has 1 aliphatic carbocycles. The SMILES string of the molecule is CC.CCCC(=N)C(=N\S)/C(=C/C=C1CCC(C)C1)CC.CCCCC(=O)OC.CCCCCCC. The standard InChI is InChI=1S/C16H26N2S.C7H16.C6H12O2.C2H6/c1-4-6-15(17)16(18-19)14(5-2)10-9-13-8-7-12(3)11-13;1-3-5-7-6-4-2;1-3-4-5-6(7)8-2;1-2/h9-10,12,17,19H,4-8,11H2,1-3H3;3-7H2,1-2H3;3-5H2,1-2H3;1-2H3/b13-9?,14-10+,17-15?,18-16-;;;. The molecule has 0 spiro atoms. The molecule has 1 rings (SSSR count). The Morgan fingerprint density at radius 3 is 1.97 bits per heavy atom. The number of hydrogen-bond donors (Lipinski definition) is 2. The Bertz CT molecular complexity index is 620. The Labute approximate surface area is 230 Å². The second-order valence-corrected chi connectivity index (χ2v) is 9.34. The number of nitrogens with one attached hydrogen (secondary N) is 1. The van der Waals surface area contributed by atoms with E-state index < -0.39 is 0 Å². The number of allylic oxidation sites excluding steroid dienone is 4. The Balaban J connectivity index is -0.000000529. The lowest BCUT2D eigenvalue weighted by Crippen LogP contribution is -2.14. The number of hydrogen-bond acceptors (Lipinski definition) is 5. The minimum Gasteiger partial charge on any atom is -0.469 e. The van der Waals surface area contributed by atoms with E-state index >= 15 is 0 Å². The van der Waals surface area contributed by atoms with Gasteiger partial charge in [-0.15, -0.1) is 0 Å². The maximum Gasteiger partial charge on any atom is 0.305 e. The van der Waals surface area contributed by atoms with Crippen molar-refractivity contribution in [3.63, 3.8) is 0 Å². The Morgan fingerprint density at radius 1 is 1.00 bits per heavy atom. The van der Waals surface area contributed by atoms with Gasteiger partial charge in [0.2, 0.25) is 0 Å². The summed E-state index contributed by atoms with van der Waals surface area (Å²) < 4.78 is 8.44. The second kappa shape index (κ2) is 29.9. The summed E-state index contributed by atoms with van der Waals surface area (Å²) in [4.78, 5) is 10.3. The lowest BCUT2D eigenvalue weighted by atomic mass is 9.99. The van der Waals surface area contributed by atoms with Gasteiger partial charge in [0, 0.05) is 6.42 Å². The molecule has 0 amide bonds. The van der Waals surface area contributed by atoms with Gasteiger partial charge in [0.05, 0.1) is 18.5 Å². The number of carbonyl (C=O) groups excluding carboxylic acids is 1. The zero-order valence-corrected chi connectivity index (χ0v) is 26.2. The number of carbonyl (C=O) groups is 1. The predicted octanol–water partition coefficient (Wildman–Crippen LogP) is 10.5. The van der Waals surface area contributed by atoms with Crippen molar-refractivity contribution < 1.29 is 9.53 Å². The van der Waals surface area contributed by atoms with Gasteiger partial charge in [0.15, 0.2) is 0 Å². The highest BCUT2D eigenvalue weighted by atomic mass is 32.1. The fourth-order valence-electron chi connectivity index (χ4n) is 3.60. The topological polar surface area (TPSA) is 62.5 Å². The van der Waals surface area contributed by atoms with E-state index in [1.54, 1.807) is 0 Å². The Hall–Kier alpha value is -1.36. The van der Waals surface area contributed by atoms with E-state index in [2.05, 4.69) is 68.7 Å². The van der Waals surface area contributed by atoms with E-state index in [-0.39, 0.29) is 5.97 Å². The van der Waals surface area contributed by atoms with Crippen LogP contribution in [0.2, 0.25) is 0 Å². The zero-order chi connectivity index (χ0) is 28.2. The summed E-state index contributed by atoms with van der Waals surface area (Å²) in [7, 11) is 1.41. The predicted molar refractivity (Wildman–Crippen MR) is 166 cm³/mol. The molecule has 1 N–H and O–H groups in total. The van der Waals surface area contributed by atoms with Crippen LogP contribution in [0.3, 0.4) is 0 Å². The molecule has 1 aliphatic rings. The van der Waals surface area contributed by atoms with Crippen LogP contribution in [0.4, 0.5) is 0 Å². The number of thiol groups is 1. The van der Waals surface area contributed by atoms with Gasteiger partial charge in [0.1, 0.15) is 0 Å². The highest BCUT2D eigenvalue weighted by Crippen LogP contribution is 2.29. The normalized spacial score (nSPS) is 16.2. The van der Waals surface area contributed by atoms with Crippen molar-refractivity contribution in [1.29, 1.82) is 5.41 Å². The third-order valence-corrected chi connectivity index (χ3v) is 6.03. The number of ether oxygens (including phenoxy) is 1. The lowest BCUT2D eigenvalue weighted by Gasteiger charge is -2.08. The monoisotopic (exact) mass is 524 g/mol. The van der Waals surface area contributed by atoms with Crippen LogP contribution in [-0.2, 0) is 9.53 Å². The van der Waals surface area contributed by atoms with Gasteiger partial charge in [-0.1, -0.05) is 118 Å². The average molecular weight is 525 g/mol. The van der Waals surface area contributed by atoms with Crippen LogP contribution in [0.25, 0.3) is 0 Å². The number of rotatable bonds is 13. The van der Waals surface area contributed by atoms with Gasteiger partial charge in [-0.25, -0.2) is 4.40 Å². The smallest absolute Gasteiger partial charge is 0.305 e. The first kappa shape index (κ1) is 39.2. The third kappa shape index (κ3) is 23.1. The molecule has 1 unspecified atom stereocenters. The first-order valence-corrected chi connectivity index (χ1v) is 15.0. The molecule has 1 saturated carbocycles. The molecular weight excluding hydrogens is 464 g/mol. The summed E-state index contributed by atoms with van der Waals surface area (Å²) in [6, 6.07) is 0. The van der Waals surface area contributed by atoms with E-state index in [1.165, 1.54) is 64.0 Å². The second-order valence-electron chi connectivity index (χ2n) is 9.14. The number of nitrogens with zero attached hydrogens (tertiary/aromatic N) is 1. The van der Waals surface area contributed by atoms with Crippen LogP contribution in [-0.4, -0.2) is 24.5 Å². The maximum atomic E-state index is 10.3. The average Bonchev–Trinajstić information content (AvgIpc) is 3.32. The molecule has 1 atom stereocenters. The summed E-state index contributed by atoms with van der Waals surface area (Å²) in [5.41, 5.74) is 4.01. The summed E-state index contributed by atoms with van der Waals surface area (Å²) in [6.45, 7) is 17.0. The van der Waals surface area contributed by atoms with E-state index in [4.69, 9.17) is 5.41 Å². The molecule has 0 saturated heterocycles. The van der Waals surface area contributed by atoms with Crippen LogP contribution >= 0.6 is 12.8 Å². The van der Waals surface area contributed by atoms with Crippen molar-refractivity contribution in [2.75, 3.05) is 7.11 Å². The van der Waals surface area contributed by atoms with Crippen molar-refractivity contribution >= 4 is 30.2 Å². The van der Waals surface area contributed by atoms with E-state index in [0.717, 1.165) is 49.3 Å². The highest BCUT2D eigenvalue weighted by Gasteiger charge is 2.14. The Morgan fingerprint density at radius 2 is 1.58 bits per heavy atom. The van der Waals surface area contributed by atoms with Gasteiger partial charge < -0.3 is 10.1 Å². The van der Waals surface area contributed by atoms with Crippen LogP contribution in [0.1, 0.15) is 145 Å². The molecule has 0 aliphatic heterocycles. The molecule has 5 heteroatoms. The van der Waals surface area contributed by atoms with Crippen LogP contribution in [0.15, 0.2) is 27.7 Å². The van der Waals surface area contributed by atoms with E-state index in [0.29, 0.717) is 12.1 Å². The van der Waals surface area contributed by atoms with Crippen LogP contribution < -0.4 is 0 Å². The molecule has 0 aromatic rings. The first-order valence-electron chi connectivity index (χ1n) is 14.6. The maximum absolute atomic E-state index is 10.3.